The van der Waals surface area contributed by atoms with Gasteiger partial charge in [0.25, 0.3) is 0 Å². The molecule has 0 unspecified atom stereocenters. The highest BCUT2D eigenvalue weighted by Gasteiger charge is 2.16. The SMILES string of the molecule is CN(Cc1ccccc1O)CC(C)(C)O. The number of nitrogens with zero attached hydrogens (tertiary/aromatic N) is 1. The fourth-order valence-corrected chi connectivity index (χ4v) is 1.65. The van der Waals surface area contributed by atoms with E-state index in [0.717, 1.165) is 5.56 Å². The molecule has 15 heavy (non-hydrogen) atoms. The maximum absolute atomic E-state index is 9.63. The molecule has 1 aromatic carbocycles. The van der Waals surface area contributed by atoms with E-state index in [0.29, 0.717) is 18.8 Å². The van der Waals surface area contributed by atoms with Crippen molar-refractivity contribution in [2.45, 2.75) is 26.0 Å². The molecule has 0 aliphatic heterocycles. The Morgan fingerprint density at radius 3 is 2.40 bits per heavy atom. The maximum atomic E-state index is 9.63. The van der Waals surface area contributed by atoms with Crippen molar-refractivity contribution in [1.29, 1.82) is 0 Å². The Balaban J connectivity index is 2.59. The van der Waals surface area contributed by atoms with Gasteiger partial charge in [0, 0.05) is 18.7 Å². The average molecular weight is 209 g/mol. The zero-order valence-corrected chi connectivity index (χ0v) is 9.57. The number of para-hydroxylation sites is 1. The van der Waals surface area contributed by atoms with Crippen molar-refractivity contribution in [1.82, 2.24) is 4.90 Å². The summed E-state index contributed by atoms with van der Waals surface area (Å²) in [5.74, 6) is 0.306. The van der Waals surface area contributed by atoms with Gasteiger partial charge in [-0.3, -0.25) is 4.90 Å². The van der Waals surface area contributed by atoms with Crippen LogP contribution in [0.4, 0.5) is 0 Å². The summed E-state index contributed by atoms with van der Waals surface area (Å²) in [6, 6.07) is 7.26. The Hall–Kier alpha value is -1.06. The molecule has 0 aliphatic rings. The number of hydrogen-bond acceptors (Lipinski definition) is 3. The molecule has 3 heteroatoms. The molecule has 1 rings (SSSR count). The molecule has 0 aliphatic carbocycles. The van der Waals surface area contributed by atoms with Gasteiger partial charge in [0.05, 0.1) is 5.60 Å². The Morgan fingerprint density at radius 2 is 1.87 bits per heavy atom. The molecule has 0 atom stereocenters. The largest absolute Gasteiger partial charge is 0.508 e. The van der Waals surface area contributed by atoms with E-state index in [1.165, 1.54) is 0 Å². The van der Waals surface area contributed by atoms with Gasteiger partial charge in [0.15, 0.2) is 0 Å². The molecule has 0 saturated heterocycles. The summed E-state index contributed by atoms with van der Waals surface area (Å²) in [7, 11) is 1.92. The van der Waals surface area contributed by atoms with Crippen LogP contribution in [-0.2, 0) is 6.54 Å². The lowest BCUT2D eigenvalue weighted by atomic mass is 10.1. The zero-order valence-electron chi connectivity index (χ0n) is 9.57. The summed E-state index contributed by atoms with van der Waals surface area (Å²) >= 11 is 0. The van der Waals surface area contributed by atoms with Gasteiger partial charge in [-0.15, -0.1) is 0 Å². The van der Waals surface area contributed by atoms with E-state index in [1.54, 1.807) is 26.0 Å². The van der Waals surface area contributed by atoms with Crippen LogP contribution in [0.1, 0.15) is 19.4 Å². The number of phenolic OH excluding ortho intramolecular Hbond substituents is 1. The predicted octanol–water partition coefficient (Wildman–Crippen LogP) is 1.59. The third kappa shape index (κ3) is 4.32. The molecule has 1 aromatic rings. The summed E-state index contributed by atoms with van der Waals surface area (Å²) in [5, 5.41) is 19.2. The number of likely N-dealkylation sites (N-methyl/N-ethyl adjacent to an activating group) is 1. The molecule has 0 aromatic heterocycles. The van der Waals surface area contributed by atoms with Crippen molar-refractivity contribution >= 4 is 0 Å². The topological polar surface area (TPSA) is 43.7 Å². The Labute approximate surface area is 91.0 Å². The second-order valence-electron chi connectivity index (χ2n) is 4.61. The third-order valence-corrected chi connectivity index (χ3v) is 2.09. The molecule has 0 spiro atoms. The number of rotatable bonds is 4. The zero-order chi connectivity index (χ0) is 11.5. The smallest absolute Gasteiger partial charge is 0.120 e. The molecule has 0 fully saturated rings. The van der Waals surface area contributed by atoms with Gasteiger partial charge in [-0.1, -0.05) is 18.2 Å². The minimum atomic E-state index is -0.709. The van der Waals surface area contributed by atoms with Crippen LogP contribution < -0.4 is 0 Å². The molecule has 0 radical (unpaired) electrons. The van der Waals surface area contributed by atoms with Crippen LogP contribution in [0.5, 0.6) is 5.75 Å². The first-order chi connectivity index (χ1) is 6.88. The van der Waals surface area contributed by atoms with E-state index < -0.39 is 5.60 Å². The van der Waals surface area contributed by atoms with Crippen LogP contribution in [-0.4, -0.2) is 34.3 Å². The number of phenols is 1. The summed E-state index contributed by atoms with van der Waals surface area (Å²) in [6.07, 6.45) is 0. The lowest BCUT2D eigenvalue weighted by Crippen LogP contribution is -2.35. The number of aromatic hydroxyl groups is 1. The van der Waals surface area contributed by atoms with Crippen molar-refractivity contribution < 1.29 is 10.2 Å². The van der Waals surface area contributed by atoms with Crippen molar-refractivity contribution in [3.05, 3.63) is 29.8 Å². The quantitative estimate of drug-likeness (QED) is 0.791. The predicted molar refractivity (Wildman–Crippen MR) is 60.7 cm³/mol. The average Bonchev–Trinajstić information content (AvgIpc) is 2.05. The van der Waals surface area contributed by atoms with Crippen LogP contribution in [0, 0.1) is 0 Å². The Kier molecular flexibility index (Phi) is 3.72. The molecule has 2 N–H and O–H groups in total. The monoisotopic (exact) mass is 209 g/mol. The minimum absolute atomic E-state index is 0.306. The van der Waals surface area contributed by atoms with Crippen LogP contribution >= 0.6 is 0 Å². The molecule has 84 valence electrons. The van der Waals surface area contributed by atoms with Crippen LogP contribution in [0.3, 0.4) is 0 Å². The van der Waals surface area contributed by atoms with Crippen LogP contribution in [0.15, 0.2) is 24.3 Å². The summed E-state index contributed by atoms with van der Waals surface area (Å²) in [6.45, 7) is 4.75. The standard InChI is InChI=1S/C12H19NO2/c1-12(2,15)9-13(3)8-10-6-4-5-7-11(10)14/h4-7,14-15H,8-9H2,1-3H3. The van der Waals surface area contributed by atoms with Crippen molar-refractivity contribution in [3.63, 3.8) is 0 Å². The highest BCUT2D eigenvalue weighted by Crippen LogP contribution is 2.17. The Morgan fingerprint density at radius 1 is 1.27 bits per heavy atom. The van der Waals surface area contributed by atoms with E-state index in [-0.39, 0.29) is 0 Å². The molecule has 0 amide bonds. The van der Waals surface area contributed by atoms with Crippen molar-refractivity contribution in [2.24, 2.45) is 0 Å². The normalized spacial score (nSPS) is 12.1. The highest BCUT2D eigenvalue weighted by molar-refractivity contribution is 5.31. The summed E-state index contributed by atoms with van der Waals surface area (Å²) in [5.41, 5.74) is 0.170. The van der Waals surface area contributed by atoms with E-state index >= 15 is 0 Å². The second-order valence-corrected chi connectivity index (χ2v) is 4.61. The van der Waals surface area contributed by atoms with E-state index in [4.69, 9.17) is 0 Å². The molecule has 0 saturated carbocycles. The van der Waals surface area contributed by atoms with Crippen LogP contribution in [0.25, 0.3) is 0 Å². The van der Waals surface area contributed by atoms with E-state index in [9.17, 15) is 10.2 Å². The van der Waals surface area contributed by atoms with Gasteiger partial charge in [0.1, 0.15) is 5.75 Å². The van der Waals surface area contributed by atoms with Gasteiger partial charge in [-0.2, -0.15) is 0 Å². The summed E-state index contributed by atoms with van der Waals surface area (Å²) in [4.78, 5) is 1.98. The molecular formula is C12H19NO2. The first-order valence-electron chi connectivity index (χ1n) is 5.06. The van der Waals surface area contributed by atoms with Crippen LogP contribution in [0.2, 0.25) is 0 Å². The number of hydrogen-bond donors (Lipinski definition) is 2. The number of aliphatic hydroxyl groups is 1. The fraction of sp³-hybridized carbons (Fsp3) is 0.500. The lowest BCUT2D eigenvalue weighted by molar-refractivity contribution is 0.0423. The molecular weight excluding hydrogens is 190 g/mol. The van der Waals surface area contributed by atoms with Gasteiger partial charge in [-0.25, -0.2) is 0 Å². The van der Waals surface area contributed by atoms with Gasteiger partial charge < -0.3 is 10.2 Å². The fourth-order valence-electron chi connectivity index (χ4n) is 1.65. The first-order valence-corrected chi connectivity index (χ1v) is 5.06. The molecule has 3 nitrogen and oxygen atoms in total. The molecule has 0 heterocycles. The Bertz CT molecular complexity index is 318. The highest BCUT2D eigenvalue weighted by atomic mass is 16.3. The van der Waals surface area contributed by atoms with Gasteiger partial charge in [0.2, 0.25) is 0 Å². The van der Waals surface area contributed by atoms with Crippen molar-refractivity contribution in [3.8, 4) is 5.75 Å². The number of benzene rings is 1. The third-order valence-electron chi connectivity index (χ3n) is 2.09. The van der Waals surface area contributed by atoms with E-state index in [2.05, 4.69) is 0 Å². The minimum Gasteiger partial charge on any atom is -0.508 e. The van der Waals surface area contributed by atoms with E-state index in [1.807, 2.05) is 24.1 Å². The lowest BCUT2D eigenvalue weighted by Gasteiger charge is -2.25. The molecule has 0 bridgehead atoms. The summed E-state index contributed by atoms with van der Waals surface area (Å²) < 4.78 is 0. The second kappa shape index (κ2) is 4.64. The van der Waals surface area contributed by atoms with Gasteiger partial charge >= 0.3 is 0 Å². The van der Waals surface area contributed by atoms with Gasteiger partial charge in [-0.05, 0) is 27.0 Å². The van der Waals surface area contributed by atoms with Crippen molar-refractivity contribution in [2.75, 3.05) is 13.6 Å². The first kappa shape index (κ1) is 12.0. The maximum Gasteiger partial charge on any atom is 0.120 e.